The van der Waals surface area contributed by atoms with Crippen LogP contribution in [0.4, 0.5) is 0 Å². The predicted octanol–water partition coefficient (Wildman–Crippen LogP) is 11.3. The number of hydrogen-bond donors (Lipinski definition) is 0. The van der Waals surface area contributed by atoms with Crippen molar-refractivity contribution in [2.24, 2.45) is 5.41 Å². The van der Waals surface area contributed by atoms with E-state index in [4.69, 9.17) is 19.5 Å². The molecular formula is C42H36IrN2O-2. The van der Waals surface area contributed by atoms with Gasteiger partial charge in [0, 0.05) is 58.3 Å². The van der Waals surface area contributed by atoms with Crippen molar-refractivity contribution in [1.29, 1.82) is 0 Å². The van der Waals surface area contributed by atoms with E-state index in [1.807, 2.05) is 57.2 Å². The zero-order valence-electron chi connectivity index (χ0n) is 36.4. The van der Waals surface area contributed by atoms with Gasteiger partial charge < -0.3 is 14.4 Å². The van der Waals surface area contributed by atoms with Crippen LogP contribution in [0.15, 0.2) is 102 Å². The maximum absolute atomic E-state index is 8.25. The van der Waals surface area contributed by atoms with Crippen LogP contribution in [-0.2, 0) is 26.5 Å². The van der Waals surface area contributed by atoms with Crippen molar-refractivity contribution in [2.45, 2.75) is 47.7 Å². The summed E-state index contributed by atoms with van der Waals surface area (Å²) < 4.78 is 91.8. The minimum Gasteiger partial charge on any atom is -0.500 e. The molecule has 0 aliphatic heterocycles. The van der Waals surface area contributed by atoms with Gasteiger partial charge in [0.25, 0.3) is 0 Å². The largest absolute Gasteiger partial charge is 0.500 e. The van der Waals surface area contributed by atoms with Gasteiger partial charge in [-0.25, -0.2) is 0 Å². The van der Waals surface area contributed by atoms with E-state index >= 15 is 0 Å². The number of nitrogens with zero attached hydrogens (tertiary/aromatic N) is 2. The van der Waals surface area contributed by atoms with Gasteiger partial charge in [-0.2, -0.15) is 0 Å². The summed E-state index contributed by atoms with van der Waals surface area (Å²) in [6.07, 6.45) is 1.17. The minimum atomic E-state index is -2.61. The van der Waals surface area contributed by atoms with Crippen LogP contribution in [0.3, 0.4) is 0 Å². The second-order valence-electron chi connectivity index (χ2n) is 12.1. The van der Waals surface area contributed by atoms with E-state index in [1.54, 1.807) is 24.3 Å². The molecule has 0 unspecified atom stereocenters. The standard InChI is InChI=1S/C25H16NO.C17H20N.Ir/c1-14-11-21(26-13-15(14)2)20-10-9-16-7-8-18-12-17-5-3-4-6-19(17)24-23(18)22(16)25(20)27-24;1-13-5-8-15(9-6-13)16-10-7-14(12-18-16)11-17(2,3)4;/h3-9,11-13H,1-2H3;5-8,10,12H,11H2,1-4H3;/q2*-1;/i1D3,2D3;1D3,11D2;. The van der Waals surface area contributed by atoms with E-state index < -0.39 is 32.3 Å². The van der Waals surface area contributed by atoms with Crippen LogP contribution < -0.4 is 0 Å². The fourth-order valence-electron chi connectivity index (χ4n) is 5.57. The number of aromatic nitrogens is 2. The molecule has 8 aromatic rings. The molecular weight excluding hydrogens is 741 g/mol. The Morgan fingerprint density at radius 1 is 0.739 bits per heavy atom. The molecule has 231 valence electrons. The third kappa shape index (κ3) is 6.08. The normalized spacial score (nSPS) is 16.3. The van der Waals surface area contributed by atoms with E-state index in [-0.39, 0.29) is 36.8 Å². The van der Waals surface area contributed by atoms with Gasteiger partial charge in [-0.1, -0.05) is 98.7 Å². The van der Waals surface area contributed by atoms with Gasteiger partial charge in [0.1, 0.15) is 5.58 Å². The molecule has 0 aliphatic rings. The van der Waals surface area contributed by atoms with Gasteiger partial charge in [-0.05, 0) is 70.2 Å². The van der Waals surface area contributed by atoms with Crippen molar-refractivity contribution in [2.75, 3.05) is 0 Å². The first-order valence-electron chi connectivity index (χ1n) is 20.1. The molecule has 3 aromatic heterocycles. The van der Waals surface area contributed by atoms with Crippen LogP contribution in [0.5, 0.6) is 0 Å². The van der Waals surface area contributed by atoms with E-state index in [0.717, 1.165) is 44.1 Å². The molecule has 0 spiro atoms. The summed E-state index contributed by atoms with van der Waals surface area (Å²) in [7, 11) is 0. The fourth-order valence-corrected chi connectivity index (χ4v) is 5.57. The van der Waals surface area contributed by atoms with Gasteiger partial charge in [0.05, 0.1) is 5.58 Å². The quantitative estimate of drug-likeness (QED) is 0.102. The molecule has 0 atom stereocenters. The van der Waals surface area contributed by atoms with E-state index in [9.17, 15) is 0 Å². The van der Waals surface area contributed by atoms with Gasteiger partial charge in [0.2, 0.25) is 0 Å². The Morgan fingerprint density at radius 3 is 2.28 bits per heavy atom. The number of benzene rings is 5. The van der Waals surface area contributed by atoms with E-state index in [2.05, 4.69) is 34.2 Å². The van der Waals surface area contributed by atoms with E-state index in [0.29, 0.717) is 33.7 Å². The summed E-state index contributed by atoms with van der Waals surface area (Å²) in [6.45, 7) is -1.79. The molecule has 4 heteroatoms. The summed E-state index contributed by atoms with van der Waals surface area (Å²) in [5.74, 6) is 0. The number of rotatable bonds is 3. The number of fused-ring (bicyclic) bond motifs is 2. The first-order chi connectivity index (χ1) is 26.1. The number of hydrogen-bond acceptors (Lipinski definition) is 3. The van der Waals surface area contributed by atoms with Crippen molar-refractivity contribution < 1.29 is 39.6 Å². The maximum Gasteiger partial charge on any atom is 0.129 e. The molecule has 0 saturated heterocycles. The summed E-state index contributed by atoms with van der Waals surface area (Å²) in [4.78, 5) is 8.63. The molecule has 0 fully saturated rings. The van der Waals surface area contributed by atoms with Gasteiger partial charge in [-0.3, -0.25) is 0 Å². The molecule has 5 aromatic carbocycles. The van der Waals surface area contributed by atoms with Gasteiger partial charge in [-0.15, -0.1) is 47.5 Å². The summed E-state index contributed by atoms with van der Waals surface area (Å²) in [5.41, 5.74) is 3.12. The van der Waals surface area contributed by atoms with Crippen LogP contribution in [-0.4, -0.2) is 9.97 Å². The predicted molar refractivity (Wildman–Crippen MR) is 188 cm³/mol. The molecule has 46 heavy (non-hydrogen) atoms. The molecule has 3 nitrogen and oxygen atoms in total. The minimum absolute atomic E-state index is 0. The number of aryl methyl sites for hydroxylation is 3. The molecule has 3 heterocycles. The van der Waals surface area contributed by atoms with Crippen molar-refractivity contribution in [1.82, 2.24) is 9.97 Å². The van der Waals surface area contributed by atoms with Crippen molar-refractivity contribution in [3.63, 3.8) is 0 Å². The summed E-state index contributed by atoms with van der Waals surface area (Å²) in [5, 5.41) is 5.94. The fraction of sp³-hybridized carbons (Fsp3) is 0.190. The molecule has 0 aliphatic carbocycles. The Bertz CT molecular complexity index is 2710. The Balaban J connectivity index is 0.000000203. The second-order valence-corrected chi connectivity index (χ2v) is 12.1. The second kappa shape index (κ2) is 12.4. The summed E-state index contributed by atoms with van der Waals surface area (Å²) in [6, 6.07) is 31.6. The van der Waals surface area contributed by atoms with Crippen LogP contribution in [0, 0.1) is 38.1 Å². The van der Waals surface area contributed by atoms with E-state index in [1.165, 1.54) is 18.3 Å². The first kappa shape index (κ1) is 20.7. The molecule has 0 N–H and O–H groups in total. The third-order valence-corrected chi connectivity index (χ3v) is 7.58. The average molecular weight is 788 g/mol. The Morgan fingerprint density at radius 2 is 1.54 bits per heavy atom. The zero-order chi connectivity index (χ0) is 40.6. The first-order valence-corrected chi connectivity index (χ1v) is 14.6. The van der Waals surface area contributed by atoms with Crippen LogP contribution >= 0.6 is 0 Å². The monoisotopic (exact) mass is 788 g/mol. The Kier molecular flexibility index (Phi) is 5.59. The molecule has 0 bridgehead atoms. The van der Waals surface area contributed by atoms with Crippen LogP contribution in [0.2, 0.25) is 0 Å². The number of pyridine rings is 2. The van der Waals surface area contributed by atoms with Gasteiger partial charge >= 0.3 is 0 Å². The molecule has 0 amide bonds. The smallest absolute Gasteiger partial charge is 0.129 e. The number of furan rings is 1. The van der Waals surface area contributed by atoms with Crippen molar-refractivity contribution in [3.05, 3.63) is 132 Å². The van der Waals surface area contributed by atoms with Gasteiger partial charge in [0.15, 0.2) is 0 Å². The van der Waals surface area contributed by atoms with Crippen molar-refractivity contribution >= 4 is 43.5 Å². The molecule has 8 rings (SSSR count). The Hall–Kier alpha value is -4.37. The maximum atomic E-state index is 8.25. The van der Waals surface area contributed by atoms with Crippen LogP contribution in [0.1, 0.15) is 58.1 Å². The summed E-state index contributed by atoms with van der Waals surface area (Å²) >= 11 is 0. The third-order valence-electron chi connectivity index (χ3n) is 7.58. The Labute approximate surface area is 299 Å². The van der Waals surface area contributed by atoms with Crippen LogP contribution in [0.25, 0.3) is 66.0 Å². The molecule has 0 saturated carbocycles. The molecule has 1 radical (unpaired) electrons. The average Bonchev–Trinajstić information content (AvgIpc) is 3.54. The van der Waals surface area contributed by atoms with Crippen molar-refractivity contribution in [3.8, 4) is 22.5 Å². The topological polar surface area (TPSA) is 38.9 Å². The SMILES string of the molecule is [2H]C([2H])([2H])c1c[c-]c(-c2ccc(C([2H])([2H])C(C)(C)C)cn2)cc1.[2H]C([2H])([2H])c1cnc(-c2[c-]cc3ccc4cc5ccccc5c5oc2c3c45)cc1C([2H])([2H])[2H].[Ir]. The zero-order valence-corrected chi connectivity index (χ0v) is 27.8.